The van der Waals surface area contributed by atoms with Crippen LogP contribution >= 0.6 is 0 Å². The molecule has 2 rings (SSSR count). The summed E-state index contributed by atoms with van der Waals surface area (Å²) in [6.07, 6.45) is 0.922. The summed E-state index contributed by atoms with van der Waals surface area (Å²) in [5.41, 5.74) is 3.53. The zero-order valence-electron chi connectivity index (χ0n) is 11.5. The molecular weight excluding hydrogens is 220 g/mol. The predicted molar refractivity (Wildman–Crippen MR) is 77.5 cm³/mol. The summed E-state index contributed by atoms with van der Waals surface area (Å²) < 4.78 is 0. The van der Waals surface area contributed by atoms with Crippen molar-refractivity contribution in [1.29, 1.82) is 0 Å². The highest BCUT2D eigenvalue weighted by Gasteiger charge is 2.13. The first-order valence-corrected chi connectivity index (χ1v) is 6.56. The summed E-state index contributed by atoms with van der Waals surface area (Å²) in [5, 5.41) is 2.44. The smallest absolute Gasteiger partial charge is 0.150 e. The second-order valence-electron chi connectivity index (χ2n) is 5.48. The number of carbonyl (C=O) groups excluding carboxylic acids is 1. The van der Waals surface area contributed by atoms with E-state index in [0.717, 1.165) is 11.8 Å². The fourth-order valence-corrected chi connectivity index (χ4v) is 2.60. The van der Waals surface area contributed by atoms with Gasteiger partial charge in [-0.3, -0.25) is 4.79 Å². The van der Waals surface area contributed by atoms with Crippen LogP contribution in [0.3, 0.4) is 0 Å². The van der Waals surface area contributed by atoms with E-state index in [1.807, 2.05) is 18.2 Å². The summed E-state index contributed by atoms with van der Waals surface area (Å²) in [6, 6.07) is 10.3. The molecule has 0 radical (unpaired) electrons. The third kappa shape index (κ3) is 2.17. The van der Waals surface area contributed by atoms with Crippen molar-refractivity contribution >= 4 is 17.1 Å². The molecule has 0 atom stereocenters. The zero-order chi connectivity index (χ0) is 13.3. The molecule has 0 heterocycles. The van der Waals surface area contributed by atoms with Gasteiger partial charge < -0.3 is 0 Å². The summed E-state index contributed by atoms with van der Waals surface area (Å²) in [5.74, 6) is 0.972. The van der Waals surface area contributed by atoms with Gasteiger partial charge in [0.1, 0.15) is 6.29 Å². The lowest BCUT2D eigenvalue weighted by Crippen LogP contribution is -2.00. The first-order chi connectivity index (χ1) is 8.54. The van der Waals surface area contributed by atoms with Gasteiger partial charge in [0.15, 0.2) is 0 Å². The van der Waals surface area contributed by atoms with Gasteiger partial charge in [-0.05, 0) is 39.8 Å². The van der Waals surface area contributed by atoms with Crippen LogP contribution in [0.15, 0.2) is 30.3 Å². The molecule has 0 saturated carbocycles. The van der Waals surface area contributed by atoms with E-state index >= 15 is 0 Å². The van der Waals surface area contributed by atoms with Crippen molar-refractivity contribution in [2.24, 2.45) is 0 Å². The van der Waals surface area contributed by atoms with Gasteiger partial charge in [0.2, 0.25) is 0 Å². The van der Waals surface area contributed by atoms with Crippen molar-refractivity contribution in [1.82, 2.24) is 0 Å². The van der Waals surface area contributed by atoms with Gasteiger partial charge in [0, 0.05) is 5.56 Å². The van der Waals surface area contributed by atoms with Gasteiger partial charge in [-0.2, -0.15) is 0 Å². The molecule has 1 heteroatoms. The third-order valence-electron chi connectivity index (χ3n) is 3.46. The normalized spacial score (nSPS) is 11.4. The SMILES string of the molecule is CC(C)c1ccc2ccc(C=O)cc2c1C(C)C. The van der Waals surface area contributed by atoms with E-state index in [-0.39, 0.29) is 0 Å². The Kier molecular flexibility index (Phi) is 3.51. The van der Waals surface area contributed by atoms with Crippen LogP contribution < -0.4 is 0 Å². The first-order valence-electron chi connectivity index (χ1n) is 6.56. The molecule has 0 aromatic heterocycles. The molecular formula is C17H20O. The molecule has 0 aliphatic carbocycles. The fraction of sp³-hybridized carbons (Fsp3) is 0.353. The van der Waals surface area contributed by atoms with Gasteiger partial charge >= 0.3 is 0 Å². The van der Waals surface area contributed by atoms with E-state index in [0.29, 0.717) is 11.8 Å². The van der Waals surface area contributed by atoms with Gasteiger partial charge in [-0.1, -0.05) is 52.0 Å². The molecule has 0 spiro atoms. The van der Waals surface area contributed by atoms with E-state index in [9.17, 15) is 4.79 Å². The molecule has 0 bridgehead atoms. The largest absolute Gasteiger partial charge is 0.298 e. The summed E-state index contributed by atoms with van der Waals surface area (Å²) in [4.78, 5) is 11.0. The highest BCUT2D eigenvalue weighted by molar-refractivity contribution is 5.92. The topological polar surface area (TPSA) is 17.1 Å². The monoisotopic (exact) mass is 240 g/mol. The Morgan fingerprint density at radius 3 is 2.17 bits per heavy atom. The molecule has 0 aliphatic rings. The Hall–Kier alpha value is -1.63. The number of benzene rings is 2. The molecule has 0 aliphatic heterocycles. The molecule has 2 aromatic carbocycles. The summed E-state index contributed by atoms with van der Waals surface area (Å²) in [6.45, 7) is 8.87. The third-order valence-corrected chi connectivity index (χ3v) is 3.46. The van der Waals surface area contributed by atoms with Crippen LogP contribution in [0.25, 0.3) is 10.8 Å². The Morgan fingerprint density at radius 1 is 0.944 bits per heavy atom. The minimum atomic E-state index is 0.466. The lowest BCUT2D eigenvalue weighted by molar-refractivity contribution is 0.112. The van der Waals surface area contributed by atoms with Crippen LogP contribution in [0.4, 0.5) is 0 Å². The van der Waals surface area contributed by atoms with Crippen LogP contribution in [0.2, 0.25) is 0 Å². The second-order valence-corrected chi connectivity index (χ2v) is 5.48. The summed E-state index contributed by atoms with van der Waals surface area (Å²) >= 11 is 0. The fourth-order valence-electron chi connectivity index (χ4n) is 2.60. The van der Waals surface area contributed by atoms with Crippen LogP contribution in [-0.4, -0.2) is 6.29 Å². The first kappa shape index (κ1) is 12.8. The van der Waals surface area contributed by atoms with E-state index in [4.69, 9.17) is 0 Å². The molecule has 0 amide bonds. The quantitative estimate of drug-likeness (QED) is 0.697. The van der Waals surface area contributed by atoms with Gasteiger partial charge in [0.05, 0.1) is 0 Å². The minimum Gasteiger partial charge on any atom is -0.298 e. The predicted octanol–water partition coefficient (Wildman–Crippen LogP) is 4.90. The number of rotatable bonds is 3. The van der Waals surface area contributed by atoms with Crippen molar-refractivity contribution < 1.29 is 4.79 Å². The lowest BCUT2D eigenvalue weighted by atomic mass is 9.86. The maximum Gasteiger partial charge on any atom is 0.150 e. The highest BCUT2D eigenvalue weighted by Crippen LogP contribution is 2.33. The maximum absolute atomic E-state index is 11.0. The molecule has 0 saturated heterocycles. The highest BCUT2D eigenvalue weighted by atomic mass is 16.1. The molecule has 1 nitrogen and oxygen atoms in total. The Balaban J connectivity index is 2.82. The number of fused-ring (bicyclic) bond motifs is 1. The van der Waals surface area contributed by atoms with Crippen molar-refractivity contribution in [2.45, 2.75) is 39.5 Å². The number of carbonyl (C=O) groups is 1. The average molecular weight is 240 g/mol. The average Bonchev–Trinajstić information content (AvgIpc) is 2.36. The maximum atomic E-state index is 11.0. The van der Waals surface area contributed by atoms with Gasteiger partial charge in [0.25, 0.3) is 0 Å². The van der Waals surface area contributed by atoms with E-state index in [2.05, 4.69) is 39.8 Å². The zero-order valence-corrected chi connectivity index (χ0v) is 11.5. The molecule has 0 fully saturated rings. The summed E-state index contributed by atoms with van der Waals surface area (Å²) in [7, 11) is 0. The molecule has 0 unspecified atom stereocenters. The van der Waals surface area contributed by atoms with Crippen LogP contribution in [0, 0.1) is 0 Å². The van der Waals surface area contributed by atoms with Crippen molar-refractivity contribution in [3.63, 3.8) is 0 Å². The van der Waals surface area contributed by atoms with Crippen molar-refractivity contribution in [2.75, 3.05) is 0 Å². The Bertz CT molecular complexity index is 579. The van der Waals surface area contributed by atoms with E-state index < -0.39 is 0 Å². The minimum absolute atomic E-state index is 0.466. The van der Waals surface area contributed by atoms with Crippen molar-refractivity contribution in [3.05, 3.63) is 47.0 Å². The molecule has 2 aromatic rings. The molecule has 94 valence electrons. The molecule has 0 N–H and O–H groups in total. The molecule has 18 heavy (non-hydrogen) atoms. The van der Waals surface area contributed by atoms with Gasteiger partial charge in [-0.15, -0.1) is 0 Å². The second kappa shape index (κ2) is 4.93. The van der Waals surface area contributed by atoms with E-state index in [1.165, 1.54) is 21.9 Å². The Morgan fingerprint density at radius 2 is 1.61 bits per heavy atom. The van der Waals surface area contributed by atoms with Gasteiger partial charge in [-0.25, -0.2) is 0 Å². The van der Waals surface area contributed by atoms with Crippen LogP contribution in [-0.2, 0) is 0 Å². The number of hydrogen-bond acceptors (Lipinski definition) is 1. The number of hydrogen-bond donors (Lipinski definition) is 0. The van der Waals surface area contributed by atoms with Crippen LogP contribution in [0.1, 0.15) is 61.0 Å². The number of aldehydes is 1. The Labute approximate surface area is 109 Å². The van der Waals surface area contributed by atoms with E-state index in [1.54, 1.807) is 0 Å². The van der Waals surface area contributed by atoms with Crippen molar-refractivity contribution in [3.8, 4) is 0 Å². The van der Waals surface area contributed by atoms with Crippen LogP contribution in [0.5, 0.6) is 0 Å². The standard InChI is InChI=1S/C17H20O/c1-11(2)15-8-7-14-6-5-13(10-18)9-16(14)17(15)12(3)4/h5-12H,1-4H3. The lowest BCUT2D eigenvalue weighted by Gasteiger charge is -2.19.